The molecule has 0 aliphatic carbocycles. The molecular weight excluding hydrogens is 246 g/mol. The van der Waals surface area contributed by atoms with Crippen molar-refractivity contribution in [1.82, 2.24) is 0 Å². The van der Waals surface area contributed by atoms with Gasteiger partial charge in [-0.15, -0.1) is 0 Å². The Bertz CT molecular complexity index is 582. The topological polar surface area (TPSA) is 35.2 Å². The van der Waals surface area contributed by atoms with Gasteiger partial charge in [-0.05, 0) is 23.3 Å². The van der Waals surface area contributed by atoms with Crippen LogP contribution in [0.1, 0.15) is 5.56 Å². The van der Waals surface area contributed by atoms with Crippen LogP contribution in [-0.2, 0) is 6.42 Å². The van der Waals surface area contributed by atoms with E-state index < -0.39 is 0 Å². The van der Waals surface area contributed by atoms with Crippen LogP contribution < -0.4 is 10.5 Å². The molecular formula is C15H14ClNO. The zero-order chi connectivity index (χ0) is 12.5. The van der Waals surface area contributed by atoms with Crippen LogP contribution in [-0.4, -0.2) is 12.6 Å². The summed E-state index contributed by atoms with van der Waals surface area (Å²) in [6.07, 6.45) is 0.987. The van der Waals surface area contributed by atoms with Gasteiger partial charge in [-0.3, -0.25) is 0 Å². The fraction of sp³-hybridized carbons (Fsp3) is 0.200. The lowest BCUT2D eigenvalue weighted by atomic mass is 10.0. The second-order valence-electron chi connectivity index (χ2n) is 4.48. The summed E-state index contributed by atoms with van der Waals surface area (Å²) in [5.74, 6) is 0.954. The molecule has 3 heteroatoms. The number of ether oxygens (including phenoxy) is 1. The summed E-state index contributed by atoms with van der Waals surface area (Å²) < 4.78 is 5.91. The first-order valence-electron chi connectivity index (χ1n) is 6.02. The Hall–Kier alpha value is -1.51. The molecule has 0 saturated heterocycles. The molecule has 1 aliphatic heterocycles. The number of rotatable bonds is 2. The molecule has 2 nitrogen and oxygen atoms in total. The van der Waals surface area contributed by atoms with Gasteiger partial charge < -0.3 is 10.5 Å². The molecule has 0 unspecified atom stereocenters. The summed E-state index contributed by atoms with van der Waals surface area (Å²) in [6.45, 7) is 0.545. The van der Waals surface area contributed by atoms with Crippen LogP contribution in [0, 0.1) is 0 Å². The minimum atomic E-state index is 0.0975. The van der Waals surface area contributed by atoms with E-state index in [4.69, 9.17) is 22.1 Å². The normalized spacial score (nSPS) is 17.3. The summed E-state index contributed by atoms with van der Waals surface area (Å²) in [4.78, 5) is 0. The SMILES string of the molecule is NC[C@@H]1Cc2cccc(-c3cccc(Cl)c3)c2O1. The van der Waals surface area contributed by atoms with Gasteiger partial charge in [-0.2, -0.15) is 0 Å². The second-order valence-corrected chi connectivity index (χ2v) is 4.92. The van der Waals surface area contributed by atoms with E-state index in [1.165, 1.54) is 5.56 Å². The third kappa shape index (κ3) is 1.98. The Labute approximate surface area is 111 Å². The Morgan fingerprint density at radius 1 is 1.22 bits per heavy atom. The van der Waals surface area contributed by atoms with Crippen LogP contribution in [0.2, 0.25) is 5.02 Å². The van der Waals surface area contributed by atoms with E-state index in [0.29, 0.717) is 6.54 Å². The Morgan fingerprint density at radius 2 is 2.06 bits per heavy atom. The summed E-state index contributed by atoms with van der Waals surface area (Å²) in [5.41, 5.74) is 9.07. The third-order valence-corrected chi connectivity index (χ3v) is 3.46. The summed E-state index contributed by atoms with van der Waals surface area (Å²) >= 11 is 6.04. The fourth-order valence-corrected chi connectivity index (χ4v) is 2.54. The first-order chi connectivity index (χ1) is 8.78. The van der Waals surface area contributed by atoms with E-state index in [-0.39, 0.29) is 6.10 Å². The van der Waals surface area contributed by atoms with Crippen molar-refractivity contribution in [2.45, 2.75) is 12.5 Å². The van der Waals surface area contributed by atoms with Crippen molar-refractivity contribution in [2.75, 3.05) is 6.54 Å². The molecule has 0 aromatic heterocycles. The molecule has 2 aromatic rings. The van der Waals surface area contributed by atoms with Crippen molar-refractivity contribution in [3.63, 3.8) is 0 Å². The first-order valence-corrected chi connectivity index (χ1v) is 6.40. The Balaban J connectivity index is 2.08. The molecule has 0 bridgehead atoms. The van der Waals surface area contributed by atoms with Crippen LogP contribution in [0.5, 0.6) is 5.75 Å². The molecule has 2 aromatic carbocycles. The number of benzene rings is 2. The van der Waals surface area contributed by atoms with Crippen molar-refractivity contribution in [3.05, 3.63) is 53.1 Å². The minimum Gasteiger partial charge on any atom is -0.488 e. The molecule has 1 atom stereocenters. The number of nitrogens with two attached hydrogens (primary N) is 1. The van der Waals surface area contributed by atoms with E-state index in [0.717, 1.165) is 28.3 Å². The van der Waals surface area contributed by atoms with Crippen LogP contribution >= 0.6 is 11.6 Å². The van der Waals surface area contributed by atoms with Crippen LogP contribution in [0.15, 0.2) is 42.5 Å². The maximum Gasteiger partial charge on any atom is 0.130 e. The monoisotopic (exact) mass is 259 g/mol. The van der Waals surface area contributed by atoms with Gasteiger partial charge in [0.2, 0.25) is 0 Å². The lowest BCUT2D eigenvalue weighted by molar-refractivity contribution is 0.242. The van der Waals surface area contributed by atoms with Crippen LogP contribution in [0.4, 0.5) is 0 Å². The van der Waals surface area contributed by atoms with Crippen LogP contribution in [0.3, 0.4) is 0 Å². The lowest BCUT2D eigenvalue weighted by Crippen LogP contribution is -2.24. The average molecular weight is 260 g/mol. The summed E-state index contributed by atoms with van der Waals surface area (Å²) in [7, 11) is 0. The van der Waals surface area contributed by atoms with Crippen molar-refractivity contribution in [2.24, 2.45) is 5.73 Å². The molecule has 92 valence electrons. The quantitative estimate of drug-likeness (QED) is 0.898. The van der Waals surface area contributed by atoms with E-state index in [9.17, 15) is 0 Å². The van der Waals surface area contributed by atoms with E-state index in [2.05, 4.69) is 18.2 Å². The molecule has 0 amide bonds. The van der Waals surface area contributed by atoms with Crippen LogP contribution in [0.25, 0.3) is 11.1 Å². The molecule has 0 radical (unpaired) electrons. The van der Waals surface area contributed by atoms with Crippen molar-refractivity contribution >= 4 is 11.6 Å². The molecule has 0 fully saturated rings. The Kier molecular flexibility index (Phi) is 2.98. The highest BCUT2D eigenvalue weighted by atomic mass is 35.5. The van der Waals surface area contributed by atoms with Gasteiger partial charge in [0.15, 0.2) is 0 Å². The maximum atomic E-state index is 6.04. The second kappa shape index (κ2) is 4.63. The van der Waals surface area contributed by atoms with Gasteiger partial charge in [-0.25, -0.2) is 0 Å². The number of para-hydroxylation sites is 1. The lowest BCUT2D eigenvalue weighted by Gasteiger charge is -2.11. The van der Waals surface area contributed by atoms with E-state index in [1.54, 1.807) is 0 Å². The average Bonchev–Trinajstić information content (AvgIpc) is 2.81. The van der Waals surface area contributed by atoms with Gasteiger partial charge >= 0.3 is 0 Å². The maximum absolute atomic E-state index is 6.04. The smallest absolute Gasteiger partial charge is 0.130 e. The molecule has 3 rings (SSSR count). The molecule has 1 heterocycles. The minimum absolute atomic E-state index is 0.0975. The number of hydrogen-bond acceptors (Lipinski definition) is 2. The molecule has 0 spiro atoms. The molecule has 1 aliphatic rings. The van der Waals surface area contributed by atoms with Crippen molar-refractivity contribution in [3.8, 4) is 16.9 Å². The first kappa shape index (κ1) is 11.6. The Morgan fingerprint density at radius 3 is 2.83 bits per heavy atom. The van der Waals surface area contributed by atoms with Gasteiger partial charge in [0.25, 0.3) is 0 Å². The number of hydrogen-bond donors (Lipinski definition) is 1. The van der Waals surface area contributed by atoms with Gasteiger partial charge in [-0.1, -0.05) is 41.9 Å². The van der Waals surface area contributed by atoms with Crippen molar-refractivity contribution < 1.29 is 4.74 Å². The zero-order valence-corrected chi connectivity index (χ0v) is 10.7. The summed E-state index contributed by atoms with van der Waals surface area (Å²) in [6, 6.07) is 14.0. The highest BCUT2D eigenvalue weighted by Gasteiger charge is 2.24. The van der Waals surface area contributed by atoms with Crippen molar-refractivity contribution in [1.29, 1.82) is 0 Å². The van der Waals surface area contributed by atoms with Gasteiger partial charge in [0, 0.05) is 23.6 Å². The number of halogens is 1. The van der Waals surface area contributed by atoms with E-state index in [1.807, 2.05) is 24.3 Å². The highest BCUT2D eigenvalue weighted by molar-refractivity contribution is 6.30. The predicted octanol–water partition coefficient (Wildman–Crippen LogP) is 3.27. The molecule has 2 N–H and O–H groups in total. The largest absolute Gasteiger partial charge is 0.488 e. The highest BCUT2D eigenvalue weighted by Crippen LogP contribution is 2.39. The fourth-order valence-electron chi connectivity index (χ4n) is 2.35. The molecule has 0 saturated carbocycles. The molecule has 18 heavy (non-hydrogen) atoms. The predicted molar refractivity (Wildman–Crippen MR) is 74.1 cm³/mol. The van der Waals surface area contributed by atoms with E-state index >= 15 is 0 Å². The zero-order valence-electron chi connectivity index (χ0n) is 9.90. The standard InChI is InChI=1S/C15H14ClNO/c16-12-5-1-3-10(7-12)14-6-2-4-11-8-13(9-17)18-15(11)14/h1-7,13H,8-9,17H2/t13-/m0/s1. The van der Waals surface area contributed by atoms with Gasteiger partial charge in [0.1, 0.15) is 11.9 Å². The van der Waals surface area contributed by atoms with Gasteiger partial charge in [0.05, 0.1) is 0 Å². The summed E-state index contributed by atoms with van der Waals surface area (Å²) in [5, 5.41) is 0.735. The number of fused-ring (bicyclic) bond motifs is 1. The third-order valence-electron chi connectivity index (χ3n) is 3.23.